The minimum absolute atomic E-state index is 0.0488. The van der Waals surface area contributed by atoms with Gasteiger partial charge in [0.15, 0.2) is 0 Å². The first-order valence-electron chi connectivity index (χ1n) is 11.5. The van der Waals surface area contributed by atoms with Gasteiger partial charge in [0.05, 0.1) is 23.5 Å². The molecule has 10 atom stereocenters. The Balaban J connectivity index is 1.52. The lowest BCUT2D eigenvalue weighted by Crippen LogP contribution is -2.65. The molecular weight excluding hydrogens is 382 g/mol. The van der Waals surface area contributed by atoms with Crippen molar-refractivity contribution in [2.24, 2.45) is 45.8 Å². The molecule has 6 fully saturated rings. The number of nitrogens with zero attached hydrogens (tertiary/aromatic N) is 1. The van der Waals surface area contributed by atoms with Crippen LogP contribution in [0.3, 0.4) is 0 Å². The highest BCUT2D eigenvalue weighted by Gasteiger charge is 2.79. The van der Waals surface area contributed by atoms with E-state index in [0.29, 0.717) is 38.5 Å². The summed E-state index contributed by atoms with van der Waals surface area (Å²) >= 11 is 0. The largest absolute Gasteiger partial charge is 0.458 e. The number of nitriles is 1. The fraction of sp³-hybridized carbons (Fsp3) is 0.833. The Morgan fingerprint density at radius 2 is 1.83 bits per heavy atom. The van der Waals surface area contributed by atoms with Crippen molar-refractivity contribution in [3.8, 4) is 6.07 Å². The molecular formula is C24H29NO5. The molecule has 1 spiro atoms. The van der Waals surface area contributed by atoms with Crippen LogP contribution in [0.1, 0.15) is 65.2 Å². The molecule has 6 aliphatic rings. The van der Waals surface area contributed by atoms with E-state index < -0.39 is 28.5 Å². The minimum Gasteiger partial charge on any atom is -0.458 e. The maximum absolute atomic E-state index is 13.6. The van der Waals surface area contributed by atoms with E-state index in [1.54, 1.807) is 0 Å². The lowest BCUT2D eigenvalue weighted by Gasteiger charge is -2.64. The molecule has 6 nitrogen and oxygen atoms in total. The van der Waals surface area contributed by atoms with Crippen LogP contribution in [-0.4, -0.2) is 34.3 Å². The normalized spacial score (nSPS) is 58.4. The van der Waals surface area contributed by atoms with Crippen molar-refractivity contribution in [1.82, 2.24) is 0 Å². The Hall–Kier alpha value is -1.74. The Bertz CT molecular complexity index is 938. The zero-order valence-electron chi connectivity index (χ0n) is 17.6. The zero-order valence-corrected chi connectivity index (χ0v) is 17.6. The van der Waals surface area contributed by atoms with Crippen LogP contribution < -0.4 is 0 Å². The molecule has 5 saturated carbocycles. The predicted octanol–water partition coefficient (Wildman–Crippen LogP) is 2.57. The number of ether oxygens (including phenoxy) is 1. The summed E-state index contributed by atoms with van der Waals surface area (Å²) in [5.74, 6) is -1.52. The van der Waals surface area contributed by atoms with Gasteiger partial charge in [-0.3, -0.25) is 14.4 Å². The van der Waals surface area contributed by atoms with E-state index in [-0.39, 0.29) is 46.6 Å². The molecule has 6 heteroatoms. The summed E-state index contributed by atoms with van der Waals surface area (Å²) in [5.41, 5.74) is -2.44. The molecule has 1 saturated heterocycles. The second-order valence-corrected chi connectivity index (χ2v) is 11.5. The van der Waals surface area contributed by atoms with E-state index in [2.05, 4.69) is 19.9 Å². The summed E-state index contributed by atoms with van der Waals surface area (Å²) in [6.45, 7) is 4.21. The molecule has 0 aromatic carbocycles. The Labute approximate surface area is 176 Å². The van der Waals surface area contributed by atoms with Gasteiger partial charge in [-0.15, -0.1) is 0 Å². The topological polar surface area (TPSA) is 104 Å². The quantitative estimate of drug-likeness (QED) is 0.485. The summed E-state index contributed by atoms with van der Waals surface area (Å²) in [7, 11) is 0. The van der Waals surface area contributed by atoms with Crippen LogP contribution in [0.5, 0.6) is 0 Å². The van der Waals surface area contributed by atoms with Crippen LogP contribution in [0, 0.1) is 57.2 Å². The number of Topliss-reactive ketones (excluding diaryl/α,β-unsaturated/α-hetero) is 2. The van der Waals surface area contributed by atoms with Gasteiger partial charge in [-0.05, 0) is 61.7 Å². The maximum atomic E-state index is 13.6. The number of carbonyl (C=O) groups excluding carboxylic acids is 3. The molecule has 0 radical (unpaired) electrons. The molecule has 1 N–H and O–H groups in total. The third-order valence-corrected chi connectivity index (χ3v) is 11.0. The first-order valence-corrected chi connectivity index (χ1v) is 11.5. The summed E-state index contributed by atoms with van der Waals surface area (Å²) in [6, 6.07) is 2.47. The van der Waals surface area contributed by atoms with Crippen LogP contribution in [0.2, 0.25) is 0 Å². The number of esters is 1. The van der Waals surface area contributed by atoms with Gasteiger partial charge in [-0.1, -0.05) is 13.8 Å². The molecule has 6 rings (SSSR count). The third-order valence-electron chi connectivity index (χ3n) is 11.0. The number of aliphatic hydroxyl groups excluding tert-OH is 1. The lowest BCUT2D eigenvalue weighted by molar-refractivity contribution is -0.213. The number of ketones is 2. The maximum Gasteiger partial charge on any atom is 0.306 e. The van der Waals surface area contributed by atoms with Crippen LogP contribution in [0.25, 0.3) is 0 Å². The van der Waals surface area contributed by atoms with Crippen LogP contribution >= 0.6 is 0 Å². The Kier molecular flexibility index (Phi) is 3.39. The molecule has 5 aliphatic carbocycles. The zero-order chi connectivity index (χ0) is 21.3. The molecule has 160 valence electrons. The third kappa shape index (κ3) is 1.74. The van der Waals surface area contributed by atoms with E-state index >= 15 is 0 Å². The van der Waals surface area contributed by atoms with Gasteiger partial charge in [-0.2, -0.15) is 5.26 Å². The van der Waals surface area contributed by atoms with Crippen molar-refractivity contribution in [3.63, 3.8) is 0 Å². The molecule has 1 heterocycles. The minimum atomic E-state index is -0.976. The van der Waals surface area contributed by atoms with Gasteiger partial charge in [0.1, 0.15) is 17.2 Å². The number of carbonyl (C=O) groups is 3. The SMILES string of the molecule is C[C@]12C[C@@H](O)C3C(C1CC[C@@]21CCC(=O)O1)[C@H]1C[C@]2(C#N)C(C(=O)CC[C@]32C)C1=O. The second-order valence-electron chi connectivity index (χ2n) is 11.5. The molecule has 0 aromatic heterocycles. The van der Waals surface area contributed by atoms with Crippen molar-refractivity contribution in [3.05, 3.63) is 0 Å². The fourth-order valence-corrected chi connectivity index (χ4v) is 9.73. The molecule has 1 aliphatic heterocycles. The summed E-state index contributed by atoms with van der Waals surface area (Å²) in [6.07, 6.45) is 3.95. The van der Waals surface area contributed by atoms with Gasteiger partial charge >= 0.3 is 5.97 Å². The van der Waals surface area contributed by atoms with E-state index in [9.17, 15) is 24.8 Å². The first-order chi connectivity index (χ1) is 14.1. The highest BCUT2D eigenvalue weighted by molar-refractivity contribution is 6.07. The number of hydrogen-bond acceptors (Lipinski definition) is 6. The van der Waals surface area contributed by atoms with Crippen molar-refractivity contribution < 1.29 is 24.2 Å². The highest BCUT2D eigenvalue weighted by atomic mass is 16.6. The molecule has 2 bridgehead atoms. The second kappa shape index (κ2) is 5.35. The Morgan fingerprint density at radius 1 is 1.07 bits per heavy atom. The standard InChI is InChI=1S/C24H29NO5/c1-21-6-4-14(26)19-20(29)12(9-23(19,21)11-25)17-13-3-7-24(8-5-16(28)30-24)22(13,2)10-15(27)18(17)21/h12-13,15,17-19,27H,3-10H2,1-2H3/t12-,13?,15-,17?,18?,19?,21-,22+,23+,24-/m1/s1. The number of rotatable bonds is 0. The highest BCUT2D eigenvalue weighted by Crippen LogP contribution is 2.76. The summed E-state index contributed by atoms with van der Waals surface area (Å²) < 4.78 is 5.94. The first kappa shape index (κ1) is 19.0. The van der Waals surface area contributed by atoms with Gasteiger partial charge < -0.3 is 9.84 Å². The van der Waals surface area contributed by atoms with Gasteiger partial charge in [-0.25, -0.2) is 0 Å². The number of aliphatic hydroxyl groups is 1. The van der Waals surface area contributed by atoms with Crippen LogP contribution in [0.4, 0.5) is 0 Å². The number of fused-ring (bicyclic) bond motifs is 7. The molecule has 0 amide bonds. The van der Waals surface area contributed by atoms with Crippen LogP contribution in [-0.2, 0) is 19.1 Å². The van der Waals surface area contributed by atoms with Gasteiger partial charge in [0.2, 0.25) is 0 Å². The van der Waals surface area contributed by atoms with E-state index in [1.807, 2.05) is 0 Å². The molecule has 0 aromatic rings. The van der Waals surface area contributed by atoms with Crippen molar-refractivity contribution in [2.45, 2.75) is 76.9 Å². The van der Waals surface area contributed by atoms with Crippen molar-refractivity contribution in [2.75, 3.05) is 0 Å². The van der Waals surface area contributed by atoms with Crippen LogP contribution in [0.15, 0.2) is 0 Å². The van der Waals surface area contributed by atoms with E-state index in [0.717, 1.165) is 12.8 Å². The van der Waals surface area contributed by atoms with Gasteiger partial charge in [0, 0.05) is 24.2 Å². The molecule has 30 heavy (non-hydrogen) atoms. The van der Waals surface area contributed by atoms with Gasteiger partial charge in [0.25, 0.3) is 0 Å². The lowest BCUT2D eigenvalue weighted by atomic mass is 9.39. The number of hydrogen-bond donors (Lipinski definition) is 1. The monoisotopic (exact) mass is 411 g/mol. The smallest absolute Gasteiger partial charge is 0.306 e. The Morgan fingerprint density at radius 3 is 2.50 bits per heavy atom. The van der Waals surface area contributed by atoms with E-state index in [4.69, 9.17) is 4.74 Å². The summed E-state index contributed by atoms with van der Waals surface area (Å²) in [4.78, 5) is 38.5. The molecule has 4 unspecified atom stereocenters. The summed E-state index contributed by atoms with van der Waals surface area (Å²) in [5, 5.41) is 21.9. The fourth-order valence-electron chi connectivity index (χ4n) is 9.73. The van der Waals surface area contributed by atoms with Crippen molar-refractivity contribution >= 4 is 17.5 Å². The van der Waals surface area contributed by atoms with Crippen molar-refractivity contribution in [1.29, 1.82) is 5.26 Å². The predicted molar refractivity (Wildman–Crippen MR) is 103 cm³/mol. The average Bonchev–Trinajstić information content (AvgIpc) is 3.31. The van der Waals surface area contributed by atoms with E-state index in [1.165, 1.54) is 0 Å². The average molecular weight is 411 g/mol.